The van der Waals surface area contributed by atoms with E-state index in [1.54, 1.807) is 19.1 Å². The molecule has 0 aliphatic rings. The third-order valence-corrected chi connectivity index (χ3v) is 3.19. The van der Waals surface area contributed by atoms with Crippen LogP contribution >= 0.6 is 27.3 Å². The van der Waals surface area contributed by atoms with Crippen LogP contribution in [-0.4, -0.2) is 17.9 Å². The molecule has 1 rings (SSSR count). The minimum absolute atomic E-state index is 0.285. The van der Waals surface area contributed by atoms with Gasteiger partial charge in [0, 0.05) is 0 Å². The first-order valence-corrected chi connectivity index (χ1v) is 5.47. The van der Waals surface area contributed by atoms with Crippen molar-refractivity contribution >= 4 is 39.1 Å². The van der Waals surface area contributed by atoms with Gasteiger partial charge in [-0.3, -0.25) is 9.59 Å². The highest BCUT2D eigenvalue weighted by atomic mass is 79.9. The van der Waals surface area contributed by atoms with Crippen molar-refractivity contribution in [3.8, 4) is 0 Å². The number of carbonyl (C=O) groups is 2. The number of nitrogens with two attached hydrogens (primary N) is 1. The summed E-state index contributed by atoms with van der Waals surface area (Å²) in [5.74, 6) is -0.832. The zero-order chi connectivity index (χ0) is 10.7. The molecule has 4 nitrogen and oxygen atoms in total. The number of primary amides is 1. The molecule has 1 heterocycles. The van der Waals surface area contributed by atoms with Crippen molar-refractivity contribution in [3.63, 3.8) is 0 Å². The highest BCUT2D eigenvalue weighted by molar-refractivity contribution is 9.11. The molecular formula is C8H9BrN2O2S. The van der Waals surface area contributed by atoms with Crippen molar-refractivity contribution in [1.82, 2.24) is 5.32 Å². The Balaban J connectivity index is 2.63. The average molecular weight is 277 g/mol. The van der Waals surface area contributed by atoms with Gasteiger partial charge in [-0.1, -0.05) is 0 Å². The summed E-state index contributed by atoms with van der Waals surface area (Å²) in [6.07, 6.45) is 0. The molecule has 0 saturated carbocycles. The summed E-state index contributed by atoms with van der Waals surface area (Å²) in [7, 11) is 0. The van der Waals surface area contributed by atoms with E-state index in [2.05, 4.69) is 21.2 Å². The van der Waals surface area contributed by atoms with Crippen molar-refractivity contribution in [1.29, 1.82) is 0 Å². The summed E-state index contributed by atoms with van der Waals surface area (Å²) in [4.78, 5) is 22.7. The van der Waals surface area contributed by atoms with Crippen LogP contribution in [0.2, 0.25) is 0 Å². The lowest BCUT2D eigenvalue weighted by atomic mass is 10.3. The molecule has 0 aliphatic heterocycles. The maximum Gasteiger partial charge on any atom is 0.262 e. The van der Waals surface area contributed by atoms with Gasteiger partial charge in [-0.05, 0) is 35.0 Å². The molecule has 6 heteroatoms. The number of halogens is 1. The van der Waals surface area contributed by atoms with E-state index >= 15 is 0 Å². The fourth-order valence-corrected chi connectivity index (χ4v) is 2.06. The molecular weight excluding hydrogens is 268 g/mol. The minimum Gasteiger partial charge on any atom is -0.368 e. The Hall–Kier alpha value is -0.880. The SMILES string of the molecule is C[C@@H](NC(=O)c1ccc(Br)s1)C(N)=O. The summed E-state index contributed by atoms with van der Waals surface area (Å²) < 4.78 is 0.870. The number of thiophene rings is 1. The predicted octanol–water partition coefficient (Wildman–Crippen LogP) is 1.11. The maximum atomic E-state index is 11.4. The first-order chi connectivity index (χ1) is 6.50. The van der Waals surface area contributed by atoms with Gasteiger partial charge >= 0.3 is 0 Å². The van der Waals surface area contributed by atoms with E-state index in [-0.39, 0.29) is 5.91 Å². The molecule has 2 amide bonds. The van der Waals surface area contributed by atoms with E-state index in [1.165, 1.54) is 11.3 Å². The monoisotopic (exact) mass is 276 g/mol. The molecule has 1 atom stereocenters. The predicted molar refractivity (Wildman–Crippen MR) is 58.1 cm³/mol. The maximum absolute atomic E-state index is 11.4. The van der Waals surface area contributed by atoms with Crippen molar-refractivity contribution in [3.05, 3.63) is 20.8 Å². The second-order valence-corrected chi connectivity index (χ2v) is 5.16. The Bertz CT molecular complexity index is 364. The van der Waals surface area contributed by atoms with Crippen molar-refractivity contribution in [2.24, 2.45) is 5.73 Å². The highest BCUT2D eigenvalue weighted by Crippen LogP contribution is 2.21. The number of carbonyl (C=O) groups excluding carboxylic acids is 2. The summed E-state index contributed by atoms with van der Waals surface area (Å²) >= 11 is 4.54. The second kappa shape index (κ2) is 4.56. The van der Waals surface area contributed by atoms with Crippen LogP contribution in [0.1, 0.15) is 16.6 Å². The lowest BCUT2D eigenvalue weighted by Gasteiger charge is -2.08. The normalized spacial score (nSPS) is 12.1. The molecule has 0 aliphatic carbocycles. The molecule has 0 fully saturated rings. The van der Waals surface area contributed by atoms with Gasteiger partial charge in [0.25, 0.3) is 5.91 Å². The fraction of sp³-hybridized carbons (Fsp3) is 0.250. The minimum atomic E-state index is -0.650. The van der Waals surface area contributed by atoms with Gasteiger partial charge in [-0.15, -0.1) is 11.3 Å². The summed E-state index contributed by atoms with van der Waals surface area (Å²) in [5.41, 5.74) is 5.01. The molecule has 1 aromatic rings. The molecule has 14 heavy (non-hydrogen) atoms. The summed E-state index contributed by atoms with van der Waals surface area (Å²) in [6.45, 7) is 1.54. The van der Waals surface area contributed by atoms with Crippen molar-refractivity contribution in [2.75, 3.05) is 0 Å². The summed E-state index contributed by atoms with van der Waals surface area (Å²) in [6, 6.07) is 2.80. The van der Waals surface area contributed by atoms with E-state index in [9.17, 15) is 9.59 Å². The lowest BCUT2D eigenvalue weighted by Crippen LogP contribution is -2.41. The average Bonchev–Trinajstić information content (AvgIpc) is 2.51. The van der Waals surface area contributed by atoms with Crippen LogP contribution in [-0.2, 0) is 4.79 Å². The zero-order valence-electron chi connectivity index (χ0n) is 7.41. The smallest absolute Gasteiger partial charge is 0.262 e. The second-order valence-electron chi connectivity index (χ2n) is 2.70. The lowest BCUT2D eigenvalue weighted by molar-refractivity contribution is -0.119. The third kappa shape index (κ3) is 2.81. The molecule has 1 aromatic heterocycles. The van der Waals surface area contributed by atoms with Gasteiger partial charge < -0.3 is 11.1 Å². The van der Waals surface area contributed by atoms with Crippen molar-refractivity contribution in [2.45, 2.75) is 13.0 Å². The molecule has 0 spiro atoms. The highest BCUT2D eigenvalue weighted by Gasteiger charge is 2.14. The Kier molecular flexibility index (Phi) is 3.65. The van der Waals surface area contributed by atoms with E-state index in [0.29, 0.717) is 4.88 Å². The summed E-state index contributed by atoms with van der Waals surface area (Å²) in [5, 5.41) is 2.49. The van der Waals surface area contributed by atoms with Gasteiger partial charge in [0.15, 0.2) is 0 Å². The van der Waals surface area contributed by atoms with Crippen LogP contribution in [0.4, 0.5) is 0 Å². The quantitative estimate of drug-likeness (QED) is 0.868. The molecule has 0 saturated heterocycles. The first kappa shape index (κ1) is 11.2. The molecule has 0 aromatic carbocycles. The van der Waals surface area contributed by atoms with Gasteiger partial charge in [0.1, 0.15) is 6.04 Å². The molecule has 76 valence electrons. The Morgan fingerprint density at radius 3 is 2.64 bits per heavy atom. The van der Waals surface area contributed by atoms with Gasteiger partial charge in [0.2, 0.25) is 5.91 Å². The fourth-order valence-electron chi connectivity index (χ4n) is 0.775. The number of hydrogen-bond donors (Lipinski definition) is 2. The van der Waals surface area contributed by atoms with E-state index in [0.717, 1.165) is 3.79 Å². The Labute approximate surface area is 93.6 Å². The standard InChI is InChI=1S/C8H9BrN2O2S/c1-4(7(10)12)11-8(13)5-2-3-6(9)14-5/h2-4H,1H3,(H2,10,12)(H,11,13)/t4-/m1/s1. The molecule has 3 N–H and O–H groups in total. The molecule has 0 bridgehead atoms. The molecule has 0 radical (unpaired) electrons. The number of hydrogen-bond acceptors (Lipinski definition) is 3. The van der Waals surface area contributed by atoms with E-state index in [1.807, 2.05) is 0 Å². The van der Waals surface area contributed by atoms with Crippen molar-refractivity contribution < 1.29 is 9.59 Å². The number of nitrogens with one attached hydrogen (secondary N) is 1. The van der Waals surface area contributed by atoms with Crippen LogP contribution < -0.4 is 11.1 Å². The third-order valence-electron chi connectivity index (χ3n) is 1.57. The first-order valence-electron chi connectivity index (χ1n) is 3.86. The van der Waals surface area contributed by atoms with Crippen LogP contribution in [0.25, 0.3) is 0 Å². The van der Waals surface area contributed by atoms with Crippen LogP contribution in [0.3, 0.4) is 0 Å². The van der Waals surface area contributed by atoms with Gasteiger partial charge in [0.05, 0.1) is 8.66 Å². The van der Waals surface area contributed by atoms with Gasteiger partial charge in [-0.2, -0.15) is 0 Å². The topological polar surface area (TPSA) is 72.2 Å². The van der Waals surface area contributed by atoms with Crippen LogP contribution in [0.5, 0.6) is 0 Å². The van der Waals surface area contributed by atoms with Gasteiger partial charge in [-0.25, -0.2) is 0 Å². The van der Waals surface area contributed by atoms with Crippen LogP contribution in [0, 0.1) is 0 Å². The Morgan fingerprint density at radius 1 is 1.57 bits per heavy atom. The zero-order valence-corrected chi connectivity index (χ0v) is 9.81. The van der Waals surface area contributed by atoms with E-state index < -0.39 is 11.9 Å². The van der Waals surface area contributed by atoms with Crippen LogP contribution in [0.15, 0.2) is 15.9 Å². The molecule has 0 unspecified atom stereocenters. The number of rotatable bonds is 3. The number of amides is 2. The Morgan fingerprint density at radius 2 is 2.21 bits per heavy atom. The van der Waals surface area contributed by atoms with E-state index in [4.69, 9.17) is 5.73 Å². The largest absolute Gasteiger partial charge is 0.368 e.